The summed E-state index contributed by atoms with van der Waals surface area (Å²) < 4.78 is 12.3. The molecule has 1 aliphatic rings. The van der Waals surface area contributed by atoms with Crippen LogP contribution in [0.3, 0.4) is 0 Å². The lowest BCUT2D eigenvalue weighted by atomic mass is 10.1. The van der Waals surface area contributed by atoms with Gasteiger partial charge in [-0.3, -0.25) is 0 Å². The monoisotopic (exact) mass is 103 g/mol. The maximum atomic E-state index is 12.3. The van der Waals surface area contributed by atoms with Crippen LogP contribution in [0.25, 0.3) is 0 Å². The molecule has 0 amide bonds. The van der Waals surface area contributed by atoms with E-state index in [0.717, 1.165) is 6.54 Å². The van der Waals surface area contributed by atoms with Crippen LogP contribution in [-0.4, -0.2) is 19.3 Å². The van der Waals surface area contributed by atoms with Gasteiger partial charge in [0.2, 0.25) is 0 Å². The number of hydrogen-bond donors (Lipinski definition) is 1. The normalized spacial score (nSPS) is 42.0. The number of halogens is 1. The molecule has 0 aromatic rings. The van der Waals surface area contributed by atoms with Crippen LogP contribution in [-0.2, 0) is 0 Å². The Morgan fingerprint density at radius 1 is 1.57 bits per heavy atom. The fourth-order valence-electron chi connectivity index (χ4n) is 0.778. The van der Waals surface area contributed by atoms with Crippen LogP contribution < -0.4 is 5.32 Å². The molecular formula is C5H10FN. The summed E-state index contributed by atoms with van der Waals surface area (Å²) in [6, 6.07) is 0. The molecule has 1 fully saturated rings. The predicted octanol–water partition coefficient (Wildman–Crippen LogP) is 0.564. The molecule has 2 heteroatoms. The minimum absolute atomic E-state index is 0.236. The summed E-state index contributed by atoms with van der Waals surface area (Å²) >= 11 is 0. The lowest BCUT2D eigenvalue weighted by Crippen LogP contribution is -2.08. The second kappa shape index (κ2) is 1.78. The third-order valence-electron chi connectivity index (χ3n) is 1.42. The Morgan fingerprint density at radius 3 is 2.43 bits per heavy atom. The van der Waals surface area contributed by atoms with E-state index in [0.29, 0.717) is 6.54 Å². The van der Waals surface area contributed by atoms with Gasteiger partial charge in [-0.05, 0) is 0 Å². The highest BCUT2D eigenvalue weighted by Gasteiger charge is 2.21. The summed E-state index contributed by atoms with van der Waals surface area (Å²) in [5.41, 5.74) is 0. The topological polar surface area (TPSA) is 12.0 Å². The third kappa shape index (κ3) is 0.911. The Kier molecular flexibility index (Phi) is 1.28. The van der Waals surface area contributed by atoms with Crippen molar-refractivity contribution in [3.63, 3.8) is 0 Å². The summed E-state index contributed by atoms with van der Waals surface area (Å²) in [5, 5.41) is 2.95. The summed E-state index contributed by atoms with van der Waals surface area (Å²) in [5.74, 6) is 0.236. The van der Waals surface area contributed by atoms with E-state index in [1.807, 2.05) is 6.92 Å². The third-order valence-corrected chi connectivity index (χ3v) is 1.42. The maximum Gasteiger partial charge on any atom is 0.116 e. The van der Waals surface area contributed by atoms with Crippen molar-refractivity contribution in [3.05, 3.63) is 0 Å². The number of hydrogen-bond acceptors (Lipinski definition) is 1. The summed E-state index contributed by atoms with van der Waals surface area (Å²) in [6.45, 7) is 3.33. The SMILES string of the molecule is C[C@@H]1CNCC1F. The molecule has 42 valence electrons. The van der Waals surface area contributed by atoms with Crippen LogP contribution in [0.4, 0.5) is 4.39 Å². The van der Waals surface area contributed by atoms with Gasteiger partial charge in [0.15, 0.2) is 0 Å². The Morgan fingerprint density at radius 2 is 2.29 bits per heavy atom. The zero-order valence-electron chi connectivity index (χ0n) is 4.45. The zero-order valence-corrected chi connectivity index (χ0v) is 4.45. The van der Waals surface area contributed by atoms with Gasteiger partial charge in [0.1, 0.15) is 6.17 Å². The molecule has 0 aromatic heterocycles. The van der Waals surface area contributed by atoms with Gasteiger partial charge in [0, 0.05) is 19.0 Å². The highest BCUT2D eigenvalue weighted by molar-refractivity contribution is 4.76. The van der Waals surface area contributed by atoms with Crippen molar-refractivity contribution < 1.29 is 4.39 Å². The van der Waals surface area contributed by atoms with E-state index in [2.05, 4.69) is 5.32 Å². The molecule has 1 N–H and O–H groups in total. The first-order chi connectivity index (χ1) is 3.30. The maximum absolute atomic E-state index is 12.3. The molecule has 0 aliphatic carbocycles. The zero-order chi connectivity index (χ0) is 5.28. The van der Waals surface area contributed by atoms with Gasteiger partial charge in [-0.2, -0.15) is 0 Å². The molecule has 1 heterocycles. The molecule has 0 bridgehead atoms. The van der Waals surface area contributed by atoms with E-state index in [1.54, 1.807) is 0 Å². The first-order valence-electron chi connectivity index (χ1n) is 2.65. The van der Waals surface area contributed by atoms with Crippen LogP contribution >= 0.6 is 0 Å². The lowest BCUT2D eigenvalue weighted by Gasteiger charge is -1.99. The van der Waals surface area contributed by atoms with E-state index < -0.39 is 6.17 Å². The Hall–Kier alpha value is -0.110. The second-order valence-corrected chi connectivity index (χ2v) is 2.15. The highest BCUT2D eigenvalue weighted by atomic mass is 19.1. The number of rotatable bonds is 0. The van der Waals surface area contributed by atoms with Crippen molar-refractivity contribution in [1.82, 2.24) is 5.32 Å². The quantitative estimate of drug-likeness (QED) is 0.472. The fraction of sp³-hybridized carbons (Fsp3) is 1.00. The summed E-state index contributed by atoms with van der Waals surface area (Å²) in [7, 11) is 0. The van der Waals surface area contributed by atoms with E-state index >= 15 is 0 Å². The molecular weight excluding hydrogens is 93.1 g/mol. The van der Waals surface area contributed by atoms with Crippen LogP contribution in [0.5, 0.6) is 0 Å². The molecule has 0 radical (unpaired) electrons. The highest BCUT2D eigenvalue weighted by Crippen LogP contribution is 2.09. The van der Waals surface area contributed by atoms with Crippen molar-refractivity contribution >= 4 is 0 Å². The lowest BCUT2D eigenvalue weighted by molar-refractivity contribution is 0.298. The first-order valence-corrected chi connectivity index (χ1v) is 2.65. The van der Waals surface area contributed by atoms with Crippen LogP contribution in [0.15, 0.2) is 0 Å². The van der Waals surface area contributed by atoms with Crippen molar-refractivity contribution in [2.45, 2.75) is 13.1 Å². The van der Waals surface area contributed by atoms with E-state index in [4.69, 9.17) is 0 Å². The Balaban J connectivity index is 2.33. The molecule has 2 atom stereocenters. The average molecular weight is 103 g/mol. The molecule has 0 aromatic carbocycles. The molecule has 1 nitrogen and oxygen atoms in total. The Labute approximate surface area is 42.9 Å². The standard InChI is InChI=1S/C5H10FN/c1-4-2-7-3-5(4)6/h4-5,7H,2-3H2,1H3/t4-,5?/m1/s1. The molecule has 1 saturated heterocycles. The van der Waals surface area contributed by atoms with Gasteiger partial charge in [0.25, 0.3) is 0 Å². The van der Waals surface area contributed by atoms with E-state index in [1.165, 1.54) is 0 Å². The van der Waals surface area contributed by atoms with Crippen molar-refractivity contribution in [2.75, 3.05) is 13.1 Å². The van der Waals surface area contributed by atoms with E-state index in [9.17, 15) is 4.39 Å². The number of alkyl halides is 1. The van der Waals surface area contributed by atoms with Gasteiger partial charge < -0.3 is 5.32 Å². The molecule has 1 aliphatic heterocycles. The van der Waals surface area contributed by atoms with Gasteiger partial charge in [-0.1, -0.05) is 6.92 Å². The largest absolute Gasteiger partial charge is 0.313 e. The van der Waals surface area contributed by atoms with Crippen LogP contribution in [0.1, 0.15) is 6.92 Å². The van der Waals surface area contributed by atoms with Crippen LogP contribution in [0.2, 0.25) is 0 Å². The average Bonchev–Trinajstić information content (AvgIpc) is 1.91. The predicted molar refractivity (Wildman–Crippen MR) is 26.9 cm³/mol. The second-order valence-electron chi connectivity index (χ2n) is 2.15. The van der Waals surface area contributed by atoms with Crippen molar-refractivity contribution in [3.8, 4) is 0 Å². The molecule has 0 spiro atoms. The van der Waals surface area contributed by atoms with Crippen LogP contribution in [0, 0.1) is 5.92 Å². The molecule has 0 saturated carbocycles. The minimum Gasteiger partial charge on any atom is -0.313 e. The van der Waals surface area contributed by atoms with E-state index in [-0.39, 0.29) is 5.92 Å². The smallest absolute Gasteiger partial charge is 0.116 e. The Bertz CT molecular complexity index is 57.1. The number of nitrogens with one attached hydrogen (secondary N) is 1. The van der Waals surface area contributed by atoms with Gasteiger partial charge >= 0.3 is 0 Å². The van der Waals surface area contributed by atoms with Gasteiger partial charge in [-0.25, -0.2) is 4.39 Å². The summed E-state index contributed by atoms with van der Waals surface area (Å²) in [6.07, 6.45) is -0.597. The fourth-order valence-corrected chi connectivity index (χ4v) is 0.778. The molecule has 7 heavy (non-hydrogen) atoms. The molecule has 1 unspecified atom stereocenters. The van der Waals surface area contributed by atoms with Gasteiger partial charge in [-0.15, -0.1) is 0 Å². The minimum atomic E-state index is -0.597. The molecule has 1 rings (SSSR count). The van der Waals surface area contributed by atoms with Crippen molar-refractivity contribution in [1.29, 1.82) is 0 Å². The van der Waals surface area contributed by atoms with Gasteiger partial charge in [0.05, 0.1) is 0 Å². The van der Waals surface area contributed by atoms with Crippen molar-refractivity contribution in [2.24, 2.45) is 5.92 Å². The first kappa shape index (κ1) is 5.04. The summed E-state index contributed by atoms with van der Waals surface area (Å²) in [4.78, 5) is 0.